The minimum absolute atomic E-state index is 0.682. The standard InChI is InChI=1S/C14H17BrN2S/c15-10-2-3-12-14-13(10)9-8-16-5-4-11(9)17(14)6-1-7-18-12/h2-3,9,11,16H,1,4-8H2/t9-,11+/m1/s1. The number of anilines is 1. The van der Waals surface area contributed by atoms with Crippen molar-refractivity contribution in [2.24, 2.45) is 0 Å². The van der Waals surface area contributed by atoms with Crippen LogP contribution in [-0.2, 0) is 0 Å². The third-order valence-electron chi connectivity index (χ3n) is 4.43. The Balaban J connectivity index is 1.92. The number of thioether (sulfide) groups is 1. The van der Waals surface area contributed by atoms with Gasteiger partial charge in [0.25, 0.3) is 0 Å². The number of rotatable bonds is 0. The smallest absolute Gasteiger partial charge is 0.0555 e. The normalized spacial score (nSPS) is 29.7. The molecule has 0 unspecified atom stereocenters. The average Bonchev–Trinajstić information content (AvgIpc) is 2.58. The van der Waals surface area contributed by atoms with E-state index in [1.807, 2.05) is 11.8 Å². The lowest BCUT2D eigenvalue weighted by Gasteiger charge is -2.33. The molecule has 0 bridgehead atoms. The molecule has 1 aromatic carbocycles. The Bertz CT molecular complexity index is 491. The number of piperidine rings is 1. The molecule has 4 heteroatoms. The number of hydrogen-bond donors (Lipinski definition) is 1. The van der Waals surface area contributed by atoms with E-state index in [0.717, 1.165) is 12.6 Å². The molecule has 96 valence electrons. The van der Waals surface area contributed by atoms with Gasteiger partial charge in [-0.15, -0.1) is 11.8 Å². The Morgan fingerprint density at radius 3 is 3.28 bits per heavy atom. The fourth-order valence-electron chi connectivity index (χ4n) is 3.70. The van der Waals surface area contributed by atoms with Crippen LogP contribution < -0.4 is 10.2 Å². The van der Waals surface area contributed by atoms with Gasteiger partial charge in [0, 0.05) is 34.4 Å². The number of hydrogen-bond acceptors (Lipinski definition) is 3. The lowest BCUT2D eigenvalue weighted by atomic mass is 9.90. The van der Waals surface area contributed by atoms with Crippen LogP contribution in [0.2, 0.25) is 0 Å². The molecule has 1 fully saturated rings. The van der Waals surface area contributed by atoms with Gasteiger partial charge in [-0.3, -0.25) is 0 Å². The highest BCUT2D eigenvalue weighted by atomic mass is 79.9. The molecule has 4 rings (SSSR count). The largest absolute Gasteiger partial charge is 0.367 e. The van der Waals surface area contributed by atoms with Crippen molar-refractivity contribution in [2.45, 2.75) is 29.7 Å². The molecule has 0 aliphatic carbocycles. The predicted molar refractivity (Wildman–Crippen MR) is 80.8 cm³/mol. The van der Waals surface area contributed by atoms with E-state index in [1.54, 1.807) is 11.3 Å². The van der Waals surface area contributed by atoms with Crippen molar-refractivity contribution in [2.75, 3.05) is 30.3 Å². The predicted octanol–water partition coefficient (Wildman–Crippen LogP) is 3.21. The number of nitrogens with zero attached hydrogens (tertiary/aromatic N) is 1. The van der Waals surface area contributed by atoms with Crippen LogP contribution in [0.3, 0.4) is 0 Å². The van der Waals surface area contributed by atoms with Crippen molar-refractivity contribution in [3.63, 3.8) is 0 Å². The van der Waals surface area contributed by atoms with Crippen LogP contribution in [0.4, 0.5) is 5.69 Å². The molecule has 0 radical (unpaired) electrons. The lowest BCUT2D eigenvalue weighted by Crippen LogP contribution is -2.44. The van der Waals surface area contributed by atoms with Crippen molar-refractivity contribution in [3.8, 4) is 0 Å². The maximum atomic E-state index is 3.79. The summed E-state index contributed by atoms with van der Waals surface area (Å²) in [4.78, 5) is 4.21. The van der Waals surface area contributed by atoms with Gasteiger partial charge in [0.1, 0.15) is 0 Å². The van der Waals surface area contributed by atoms with Gasteiger partial charge >= 0.3 is 0 Å². The molecule has 0 spiro atoms. The number of nitrogens with one attached hydrogen (secondary N) is 1. The fourth-order valence-corrected chi connectivity index (χ4v) is 5.34. The molecule has 0 aromatic heterocycles. The van der Waals surface area contributed by atoms with E-state index in [2.05, 4.69) is 38.3 Å². The van der Waals surface area contributed by atoms with Crippen molar-refractivity contribution in [1.29, 1.82) is 0 Å². The molecular weight excluding hydrogens is 308 g/mol. The first kappa shape index (κ1) is 11.6. The minimum atomic E-state index is 0.682. The second kappa shape index (κ2) is 4.43. The maximum Gasteiger partial charge on any atom is 0.0555 e. The molecule has 3 heterocycles. The summed E-state index contributed by atoms with van der Waals surface area (Å²) < 4.78 is 1.31. The average molecular weight is 325 g/mol. The molecule has 2 atom stereocenters. The van der Waals surface area contributed by atoms with Gasteiger partial charge in [0.15, 0.2) is 0 Å². The van der Waals surface area contributed by atoms with E-state index in [9.17, 15) is 0 Å². The summed E-state index contributed by atoms with van der Waals surface area (Å²) in [6, 6.07) is 5.29. The van der Waals surface area contributed by atoms with Gasteiger partial charge in [-0.05, 0) is 42.8 Å². The summed E-state index contributed by atoms with van der Waals surface area (Å²) in [6.45, 7) is 3.55. The monoisotopic (exact) mass is 324 g/mol. The van der Waals surface area contributed by atoms with Gasteiger partial charge in [-0.25, -0.2) is 0 Å². The van der Waals surface area contributed by atoms with E-state index < -0.39 is 0 Å². The SMILES string of the molecule is Brc1ccc2c3c1[C@@H]1CNCC[C@@H]1N3CCCS2. The summed E-state index contributed by atoms with van der Waals surface area (Å²) in [5, 5.41) is 3.57. The first-order chi connectivity index (χ1) is 8.86. The Labute approximate surface area is 121 Å². The molecule has 1 aromatic rings. The van der Waals surface area contributed by atoms with Gasteiger partial charge in [0.05, 0.1) is 5.69 Å². The first-order valence-corrected chi connectivity index (χ1v) is 8.56. The Hall–Kier alpha value is -0.190. The summed E-state index contributed by atoms with van der Waals surface area (Å²) in [6.07, 6.45) is 2.60. The van der Waals surface area contributed by atoms with E-state index >= 15 is 0 Å². The fraction of sp³-hybridized carbons (Fsp3) is 0.571. The summed E-state index contributed by atoms with van der Waals surface area (Å²) in [5.41, 5.74) is 3.12. The van der Waals surface area contributed by atoms with Gasteiger partial charge in [-0.2, -0.15) is 0 Å². The van der Waals surface area contributed by atoms with E-state index in [4.69, 9.17) is 0 Å². The van der Waals surface area contributed by atoms with E-state index in [0.29, 0.717) is 5.92 Å². The molecule has 2 nitrogen and oxygen atoms in total. The molecule has 0 saturated carbocycles. The molecule has 18 heavy (non-hydrogen) atoms. The zero-order valence-corrected chi connectivity index (χ0v) is 12.7. The van der Waals surface area contributed by atoms with Gasteiger partial charge < -0.3 is 10.2 Å². The maximum absolute atomic E-state index is 3.79. The van der Waals surface area contributed by atoms with Gasteiger partial charge in [0.2, 0.25) is 0 Å². The van der Waals surface area contributed by atoms with E-state index in [-0.39, 0.29) is 0 Å². The molecular formula is C14H17BrN2S. The number of halogens is 1. The second-order valence-corrected chi connectivity index (χ2v) is 7.36. The zero-order chi connectivity index (χ0) is 12.1. The molecule has 3 aliphatic heterocycles. The van der Waals surface area contributed by atoms with Crippen LogP contribution in [0, 0.1) is 0 Å². The van der Waals surface area contributed by atoms with Crippen molar-refractivity contribution >= 4 is 33.4 Å². The lowest BCUT2D eigenvalue weighted by molar-refractivity contribution is 0.402. The third kappa shape index (κ3) is 1.58. The third-order valence-corrected chi connectivity index (χ3v) is 6.26. The quantitative estimate of drug-likeness (QED) is 0.788. The van der Waals surface area contributed by atoms with Crippen LogP contribution in [0.25, 0.3) is 0 Å². The Morgan fingerprint density at radius 2 is 2.33 bits per heavy atom. The highest BCUT2D eigenvalue weighted by Gasteiger charge is 2.42. The molecule has 0 amide bonds. The summed E-state index contributed by atoms with van der Waals surface area (Å²) in [5.74, 6) is 1.95. The van der Waals surface area contributed by atoms with Crippen LogP contribution in [0.15, 0.2) is 21.5 Å². The van der Waals surface area contributed by atoms with Crippen LogP contribution >= 0.6 is 27.7 Å². The van der Waals surface area contributed by atoms with Crippen LogP contribution in [0.5, 0.6) is 0 Å². The Kier molecular flexibility index (Phi) is 2.86. The zero-order valence-electron chi connectivity index (χ0n) is 10.3. The van der Waals surface area contributed by atoms with Crippen molar-refractivity contribution in [3.05, 3.63) is 22.2 Å². The highest BCUT2D eigenvalue weighted by molar-refractivity contribution is 9.10. The van der Waals surface area contributed by atoms with Crippen molar-refractivity contribution < 1.29 is 0 Å². The van der Waals surface area contributed by atoms with Crippen LogP contribution in [0.1, 0.15) is 24.3 Å². The Morgan fingerprint density at radius 1 is 1.39 bits per heavy atom. The number of benzene rings is 1. The first-order valence-electron chi connectivity index (χ1n) is 6.79. The molecule has 3 aliphatic rings. The molecule has 1 N–H and O–H groups in total. The molecule has 1 saturated heterocycles. The summed E-state index contributed by atoms with van der Waals surface area (Å²) in [7, 11) is 0. The highest BCUT2D eigenvalue weighted by Crippen LogP contribution is 2.51. The van der Waals surface area contributed by atoms with Gasteiger partial charge in [-0.1, -0.05) is 15.9 Å². The second-order valence-electron chi connectivity index (χ2n) is 5.37. The van der Waals surface area contributed by atoms with Crippen molar-refractivity contribution in [1.82, 2.24) is 5.32 Å². The number of fused-ring (bicyclic) bond motifs is 3. The minimum Gasteiger partial charge on any atom is -0.367 e. The summed E-state index contributed by atoms with van der Waals surface area (Å²) >= 11 is 5.82. The van der Waals surface area contributed by atoms with E-state index in [1.165, 1.54) is 41.1 Å². The topological polar surface area (TPSA) is 15.3 Å². The van der Waals surface area contributed by atoms with Crippen LogP contribution in [-0.4, -0.2) is 31.4 Å².